The summed E-state index contributed by atoms with van der Waals surface area (Å²) in [6.45, 7) is 10.6. The molecule has 7 nitrogen and oxygen atoms in total. The van der Waals surface area contributed by atoms with E-state index < -0.39 is 23.4 Å². The summed E-state index contributed by atoms with van der Waals surface area (Å²) in [6, 6.07) is 10.3. The summed E-state index contributed by atoms with van der Waals surface area (Å²) in [5.41, 5.74) is 1.83. The van der Waals surface area contributed by atoms with Gasteiger partial charge in [-0.05, 0) is 70.9 Å². The first kappa shape index (κ1) is 21.4. The van der Waals surface area contributed by atoms with E-state index in [1.165, 1.54) is 0 Å². The summed E-state index contributed by atoms with van der Waals surface area (Å²) >= 11 is 0. The SMILES string of the molecule is CC(C)(C)OC(=O)Nc1ccc2c(c1)C(=O)c1c(NC(=O)OC(C)(C)C)cccc1-2. The van der Waals surface area contributed by atoms with E-state index in [0.29, 0.717) is 28.1 Å². The van der Waals surface area contributed by atoms with Gasteiger partial charge in [0.05, 0.1) is 11.3 Å². The second-order valence-corrected chi connectivity index (χ2v) is 9.07. The van der Waals surface area contributed by atoms with Crippen LogP contribution in [0.25, 0.3) is 11.1 Å². The second kappa shape index (κ2) is 7.48. The standard InChI is InChI=1S/C23H26N2O5/c1-22(2,3)29-20(27)24-13-10-11-14-15-8-7-9-17(18(15)19(26)16(14)12-13)25-21(28)30-23(4,5)6/h7-12H,1-6H3,(H,24,27)(H,25,28). The van der Waals surface area contributed by atoms with Gasteiger partial charge in [-0.2, -0.15) is 0 Å². The van der Waals surface area contributed by atoms with Crippen molar-refractivity contribution >= 4 is 29.3 Å². The molecule has 2 aromatic carbocycles. The minimum atomic E-state index is -0.656. The van der Waals surface area contributed by atoms with Crippen LogP contribution in [0.15, 0.2) is 36.4 Å². The molecule has 0 heterocycles. The maximum Gasteiger partial charge on any atom is 0.412 e. The number of fused-ring (bicyclic) bond motifs is 3. The predicted octanol–water partition coefficient (Wildman–Crippen LogP) is 5.59. The van der Waals surface area contributed by atoms with Gasteiger partial charge in [0.2, 0.25) is 0 Å². The molecule has 0 radical (unpaired) electrons. The van der Waals surface area contributed by atoms with Crippen molar-refractivity contribution < 1.29 is 23.9 Å². The molecule has 3 rings (SSSR count). The highest BCUT2D eigenvalue weighted by Gasteiger charge is 2.31. The Morgan fingerprint density at radius 2 is 1.37 bits per heavy atom. The van der Waals surface area contributed by atoms with Crippen LogP contribution in [0.3, 0.4) is 0 Å². The molecule has 7 heteroatoms. The van der Waals surface area contributed by atoms with Gasteiger partial charge in [-0.15, -0.1) is 0 Å². The zero-order valence-corrected chi connectivity index (χ0v) is 18.0. The Labute approximate surface area is 175 Å². The summed E-state index contributed by atoms with van der Waals surface area (Å²) in [5.74, 6) is -0.237. The largest absolute Gasteiger partial charge is 0.444 e. The van der Waals surface area contributed by atoms with E-state index in [1.54, 1.807) is 71.9 Å². The molecule has 1 aliphatic rings. The number of carbonyl (C=O) groups excluding carboxylic acids is 3. The number of amides is 2. The molecular weight excluding hydrogens is 384 g/mol. The van der Waals surface area contributed by atoms with Gasteiger partial charge in [-0.1, -0.05) is 18.2 Å². The van der Waals surface area contributed by atoms with Crippen LogP contribution in [0.4, 0.5) is 21.0 Å². The highest BCUT2D eigenvalue weighted by atomic mass is 16.6. The van der Waals surface area contributed by atoms with Crippen LogP contribution in [-0.2, 0) is 9.47 Å². The van der Waals surface area contributed by atoms with Crippen LogP contribution in [0.2, 0.25) is 0 Å². The highest BCUT2D eigenvalue weighted by molar-refractivity contribution is 6.25. The van der Waals surface area contributed by atoms with Crippen molar-refractivity contribution in [2.24, 2.45) is 0 Å². The highest BCUT2D eigenvalue weighted by Crippen LogP contribution is 2.41. The molecular formula is C23H26N2O5. The number of nitrogens with one attached hydrogen (secondary N) is 2. The fraction of sp³-hybridized carbons (Fsp3) is 0.348. The number of ether oxygens (including phenoxy) is 2. The third-order valence-electron chi connectivity index (χ3n) is 4.13. The van der Waals surface area contributed by atoms with Crippen LogP contribution in [-0.4, -0.2) is 29.2 Å². The number of anilines is 2. The molecule has 30 heavy (non-hydrogen) atoms. The number of benzene rings is 2. The van der Waals surface area contributed by atoms with Crippen molar-refractivity contribution in [2.75, 3.05) is 10.6 Å². The Hall–Kier alpha value is -3.35. The fourth-order valence-electron chi connectivity index (χ4n) is 3.14. The van der Waals surface area contributed by atoms with Gasteiger partial charge in [-0.3, -0.25) is 15.4 Å². The Kier molecular flexibility index (Phi) is 5.33. The predicted molar refractivity (Wildman–Crippen MR) is 115 cm³/mol. The molecule has 2 N–H and O–H groups in total. The van der Waals surface area contributed by atoms with Crippen molar-refractivity contribution in [3.05, 3.63) is 47.5 Å². The number of carbonyl (C=O) groups is 3. The number of hydrogen-bond donors (Lipinski definition) is 2. The van der Waals surface area contributed by atoms with Gasteiger partial charge >= 0.3 is 12.2 Å². The lowest BCUT2D eigenvalue weighted by molar-refractivity contribution is 0.0624. The zero-order chi connectivity index (χ0) is 22.3. The van der Waals surface area contributed by atoms with E-state index in [2.05, 4.69) is 10.6 Å². The molecule has 2 amide bonds. The van der Waals surface area contributed by atoms with E-state index in [4.69, 9.17) is 9.47 Å². The average Bonchev–Trinajstić information content (AvgIpc) is 2.85. The molecule has 0 bridgehead atoms. The zero-order valence-electron chi connectivity index (χ0n) is 18.0. The van der Waals surface area contributed by atoms with Crippen molar-refractivity contribution in [1.29, 1.82) is 0 Å². The van der Waals surface area contributed by atoms with Gasteiger partial charge in [0.1, 0.15) is 11.2 Å². The summed E-state index contributed by atoms with van der Waals surface area (Å²) < 4.78 is 10.5. The third-order valence-corrected chi connectivity index (χ3v) is 4.13. The van der Waals surface area contributed by atoms with Gasteiger partial charge in [0.25, 0.3) is 0 Å². The minimum Gasteiger partial charge on any atom is -0.444 e. The summed E-state index contributed by atoms with van der Waals surface area (Å²) in [7, 11) is 0. The maximum atomic E-state index is 13.1. The molecule has 0 saturated carbocycles. The van der Waals surface area contributed by atoms with E-state index in [-0.39, 0.29) is 5.78 Å². The molecule has 158 valence electrons. The van der Waals surface area contributed by atoms with Gasteiger partial charge in [0.15, 0.2) is 5.78 Å². The molecule has 0 saturated heterocycles. The first-order valence-electron chi connectivity index (χ1n) is 9.66. The van der Waals surface area contributed by atoms with Crippen molar-refractivity contribution in [1.82, 2.24) is 0 Å². The lowest BCUT2D eigenvalue weighted by Crippen LogP contribution is -2.27. The molecule has 2 aromatic rings. The number of hydrogen-bond acceptors (Lipinski definition) is 5. The maximum absolute atomic E-state index is 13.1. The van der Waals surface area contributed by atoms with Gasteiger partial charge in [0, 0.05) is 11.3 Å². The lowest BCUT2D eigenvalue weighted by Gasteiger charge is -2.20. The number of rotatable bonds is 2. The Bertz CT molecular complexity index is 1030. The van der Waals surface area contributed by atoms with E-state index >= 15 is 0 Å². The summed E-state index contributed by atoms with van der Waals surface area (Å²) in [4.78, 5) is 37.3. The Morgan fingerprint density at radius 3 is 1.97 bits per heavy atom. The molecule has 0 spiro atoms. The smallest absolute Gasteiger partial charge is 0.412 e. The fourth-order valence-corrected chi connectivity index (χ4v) is 3.14. The van der Waals surface area contributed by atoms with E-state index in [9.17, 15) is 14.4 Å². The monoisotopic (exact) mass is 410 g/mol. The lowest BCUT2D eigenvalue weighted by atomic mass is 10.0. The molecule has 0 aliphatic heterocycles. The molecule has 1 aliphatic carbocycles. The molecule has 0 atom stereocenters. The Balaban J connectivity index is 1.86. The van der Waals surface area contributed by atoms with Gasteiger partial charge in [-0.25, -0.2) is 9.59 Å². The number of ketones is 1. The van der Waals surface area contributed by atoms with Gasteiger partial charge < -0.3 is 9.47 Å². The summed E-state index contributed by atoms with van der Waals surface area (Å²) in [6.07, 6.45) is -1.23. The second-order valence-electron chi connectivity index (χ2n) is 9.07. The van der Waals surface area contributed by atoms with Crippen LogP contribution in [0.5, 0.6) is 0 Å². The average molecular weight is 410 g/mol. The first-order chi connectivity index (χ1) is 13.8. The van der Waals surface area contributed by atoms with Crippen LogP contribution < -0.4 is 10.6 Å². The van der Waals surface area contributed by atoms with Crippen LogP contribution in [0, 0.1) is 0 Å². The van der Waals surface area contributed by atoms with Crippen LogP contribution >= 0.6 is 0 Å². The van der Waals surface area contributed by atoms with Crippen molar-refractivity contribution in [3.63, 3.8) is 0 Å². The Morgan fingerprint density at radius 1 is 0.767 bits per heavy atom. The molecule has 0 fully saturated rings. The molecule has 0 unspecified atom stereocenters. The minimum absolute atomic E-state index is 0.237. The normalized spacial score (nSPS) is 12.7. The van der Waals surface area contributed by atoms with Crippen molar-refractivity contribution in [3.8, 4) is 11.1 Å². The quantitative estimate of drug-likeness (QED) is 0.574. The van der Waals surface area contributed by atoms with E-state index in [1.807, 2.05) is 6.07 Å². The third kappa shape index (κ3) is 4.79. The summed E-state index contributed by atoms with van der Waals surface area (Å²) in [5, 5.41) is 5.31. The molecule has 0 aromatic heterocycles. The first-order valence-corrected chi connectivity index (χ1v) is 9.66. The van der Waals surface area contributed by atoms with E-state index in [0.717, 1.165) is 5.56 Å². The van der Waals surface area contributed by atoms with Crippen LogP contribution in [0.1, 0.15) is 57.5 Å². The van der Waals surface area contributed by atoms with Crippen molar-refractivity contribution in [2.45, 2.75) is 52.7 Å². The topological polar surface area (TPSA) is 93.7 Å².